The summed E-state index contributed by atoms with van der Waals surface area (Å²) in [5, 5.41) is 0.573. The fourth-order valence-corrected chi connectivity index (χ4v) is 2.47. The van der Waals surface area contributed by atoms with Gasteiger partial charge in [0.1, 0.15) is 0 Å². The van der Waals surface area contributed by atoms with Gasteiger partial charge in [-0.05, 0) is 24.5 Å². The predicted molar refractivity (Wildman–Crippen MR) is 95.7 cm³/mol. The van der Waals surface area contributed by atoms with E-state index in [1.54, 1.807) is 24.1 Å². The number of amides is 1. The van der Waals surface area contributed by atoms with Gasteiger partial charge in [0.25, 0.3) is 5.56 Å². The highest BCUT2D eigenvalue weighted by Gasteiger charge is 2.13. The lowest BCUT2D eigenvalue weighted by atomic mass is 10.0. The number of nitrogens with zero attached hydrogens (tertiary/aromatic N) is 3. The second kappa shape index (κ2) is 8.06. The van der Waals surface area contributed by atoms with Gasteiger partial charge in [-0.1, -0.05) is 26.0 Å². The van der Waals surface area contributed by atoms with Crippen LogP contribution < -0.4 is 11.3 Å². The lowest BCUT2D eigenvalue weighted by molar-refractivity contribution is -0.130. The molecule has 24 heavy (non-hydrogen) atoms. The molecule has 0 saturated heterocycles. The molecule has 0 aliphatic heterocycles. The summed E-state index contributed by atoms with van der Waals surface area (Å²) in [6, 6.07) is 7.31. The molecule has 6 nitrogen and oxygen atoms in total. The number of hydrogen-bond acceptors (Lipinski definition) is 4. The lowest BCUT2D eigenvalue weighted by Gasteiger charge is -2.21. The summed E-state index contributed by atoms with van der Waals surface area (Å²) < 4.78 is 1.49. The molecule has 1 heterocycles. The van der Waals surface area contributed by atoms with Crippen LogP contribution in [0.2, 0.25) is 0 Å². The van der Waals surface area contributed by atoms with Gasteiger partial charge >= 0.3 is 0 Å². The third kappa shape index (κ3) is 4.41. The van der Waals surface area contributed by atoms with E-state index in [1.165, 1.54) is 10.9 Å². The van der Waals surface area contributed by atoms with E-state index in [2.05, 4.69) is 18.8 Å². The van der Waals surface area contributed by atoms with Crippen LogP contribution in [0.15, 0.2) is 35.4 Å². The zero-order valence-corrected chi connectivity index (χ0v) is 14.6. The predicted octanol–water partition coefficient (Wildman–Crippen LogP) is 1.62. The van der Waals surface area contributed by atoms with E-state index in [9.17, 15) is 9.59 Å². The van der Waals surface area contributed by atoms with Crippen LogP contribution in [0, 0.1) is 5.92 Å². The number of para-hydroxylation sites is 1. The first kappa shape index (κ1) is 18.1. The van der Waals surface area contributed by atoms with Crippen molar-refractivity contribution in [1.82, 2.24) is 14.5 Å². The van der Waals surface area contributed by atoms with Crippen LogP contribution in [0.3, 0.4) is 0 Å². The molecule has 1 aromatic heterocycles. The first-order chi connectivity index (χ1) is 11.4. The highest BCUT2D eigenvalue weighted by Crippen LogP contribution is 2.06. The average molecular weight is 330 g/mol. The van der Waals surface area contributed by atoms with Crippen molar-refractivity contribution in [2.45, 2.75) is 39.3 Å². The average Bonchev–Trinajstić information content (AvgIpc) is 2.58. The molecular formula is C18H26N4O2. The monoisotopic (exact) mass is 330 g/mol. The van der Waals surface area contributed by atoms with Gasteiger partial charge in [0.2, 0.25) is 5.91 Å². The van der Waals surface area contributed by atoms with E-state index in [0.717, 1.165) is 6.42 Å². The molecule has 0 saturated carbocycles. The minimum Gasteiger partial charge on any atom is -0.346 e. The summed E-state index contributed by atoms with van der Waals surface area (Å²) in [5.41, 5.74) is 6.57. The number of benzene rings is 1. The van der Waals surface area contributed by atoms with E-state index in [1.807, 2.05) is 12.1 Å². The van der Waals surface area contributed by atoms with Crippen LogP contribution in [0.5, 0.6) is 0 Å². The van der Waals surface area contributed by atoms with Gasteiger partial charge in [0, 0.05) is 32.6 Å². The molecule has 0 aliphatic rings. The Kier molecular flexibility index (Phi) is 6.09. The second-order valence-corrected chi connectivity index (χ2v) is 6.52. The van der Waals surface area contributed by atoms with Gasteiger partial charge in [0.05, 0.1) is 17.2 Å². The van der Waals surface area contributed by atoms with Crippen molar-refractivity contribution in [2.24, 2.45) is 11.7 Å². The molecule has 2 aromatic rings. The normalized spacial score (nSPS) is 12.5. The van der Waals surface area contributed by atoms with Crippen molar-refractivity contribution in [3.05, 3.63) is 40.9 Å². The number of fused-ring (bicyclic) bond motifs is 1. The van der Waals surface area contributed by atoms with Crippen LogP contribution in [0.25, 0.3) is 10.9 Å². The number of aromatic nitrogens is 2. The van der Waals surface area contributed by atoms with Gasteiger partial charge in [-0.2, -0.15) is 0 Å². The molecule has 1 amide bonds. The summed E-state index contributed by atoms with van der Waals surface area (Å²) in [7, 11) is 1.77. The lowest BCUT2D eigenvalue weighted by Crippen LogP contribution is -2.35. The maximum absolute atomic E-state index is 12.4. The summed E-state index contributed by atoms with van der Waals surface area (Å²) in [6.07, 6.45) is 2.55. The molecule has 6 heteroatoms. The molecule has 0 fully saturated rings. The van der Waals surface area contributed by atoms with Crippen molar-refractivity contribution in [2.75, 3.05) is 13.6 Å². The zero-order valence-electron chi connectivity index (χ0n) is 14.6. The molecule has 1 atom stereocenters. The number of rotatable bonds is 7. The number of aryl methyl sites for hydroxylation is 1. The maximum atomic E-state index is 12.4. The quantitative estimate of drug-likeness (QED) is 0.836. The van der Waals surface area contributed by atoms with Crippen LogP contribution in [0.4, 0.5) is 0 Å². The Hall–Kier alpha value is -2.21. The van der Waals surface area contributed by atoms with Crippen LogP contribution in [-0.4, -0.2) is 40.0 Å². The smallest absolute Gasteiger partial charge is 0.261 e. The Morgan fingerprint density at radius 1 is 1.33 bits per heavy atom. The van der Waals surface area contributed by atoms with Gasteiger partial charge in [-0.25, -0.2) is 4.98 Å². The first-order valence-corrected chi connectivity index (χ1v) is 8.34. The highest BCUT2D eigenvalue weighted by atomic mass is 16.2. The highest BCUT2D eigenvalue weighted by molar-refractivity contribution is 5.77. The summed E-state index contributed by atoms with van der Waals surface area (Å²) in [6.45, 7) is 5.11. The molecular weight excluding hydrogens is 304 g/mol. The fourth-order valence-electron chi connectivity index (χ4n) is 2.47. The number of hydrogen-bond donors (Lipinski definition) is 1. The van der Waals surface area contributed by atoms with Crippen molar-refractivity contribution < 1.29 is 4.79 Å². The van der Waals surface area contributed by atoms with Crippen molar-refractivity contribution >= 4 is 16.8 Å². The Morgan fingerprint density at radius 2 is 2.04 bits per heavy atom. The van der Waals surface area contributed by atoms with Crippen molar-refractivity contribution in [3.63, 3.8) is 0 Å². The Balaban J connectivity index is 1.94. The molecule has 2 rings (SSSR count). The van der Waals surface area contributed by atoms with Crippen LogP contribution >= 0.6 is 0 Å². The Bertz CT molecular complexity index is 754. The number of carbonyl (C=O) groups excluding carboxylic acids is 1. The Morgan fingerprint density at radius 3 is 2.75 bits per heavy atom. The number of carbonyl (C=O) groups is 1. The van der Waals surface area contributed by atoms with Crippen molar-refractivity contribution in [1.29, 1.82) is 0 Å². The third-order valence-electron chi connectivity index (χ3n) is 4.38. The van der Waals surface area contributed by atoms with E-state index >= 15 is 0 Å². The molecule has 130 valence electrons. The van der Waals surface area contributed by atoms with Crippen LogP contribution in [-0.2, 0) is 11.3 Å². The van der Waals surface area contributed by atoms with Gasteiger partial charge in [0.15, 0.2) is 0 Å². The summed E-state index contributed by atoms with van der Waals surface area (Å²) in [5.74, 6) is 0.404. The van der Waals surface area contributed by atoms with E-state index in [0.29, 0.717) is 29.9 Å². The third-order valence-corrected chi connectivity index (χ3v) is 4.38. The molecule has 0 bridgehead atoms. The Labute approximate surface area is 142 Å². The molecule has 1 unspecified atom stereocenters. The van der Waals surface area contributed by atoms with E-state index in [-0.39, 0.29) is 23.9 Å². The molecule has 2 N–H and O–H groups in total. The van der Waals surface area contributed by atoms with Crippen molar-refractivity contribution in [3.8, 4) is 0 Å². The fraction of sp³-hybridized carbons (Fsp3) is 0.500. The SMILES string of the molecule is CC(C)C(N)CCN(C)C(=O)CCn1cnc2ccccc2c1=O. The maximum Gasteiger partial charge on any atom is 0.261 e. The zero-order chi connectivity index (χ0) is 17.7. The second-order valence-electron chi connectivity index (χ2n) is 6.52. The van der Waals surface area contributed by atoms with E-state index in [4.69, 9.17) is 5.73 Å². The van der Waals surface area contributed by atoms with Crippen LogP contribution in [0.1, 0.15) is 26.7 Å². The summed E-state index contributed by atoms with van der Waals surface area (Å²) in [4.78, 5) is 30.6. The minimum absolute atomic E-state index is 0.00557. The minimum atomic E-state index is -0.113. The molecule has 0 aliphatic carbocycles. The molecule has 1 aromatic carbocycles. The van der Waals surface area contributed by atoms with Gasteiger partial charge in [-0.3, -0.25) is 14.2 Å². The first-order valence-electron chi connectivity index (χ1n) is 8.34. The topological polar surface area (TPSA) is 81.2 Å². The van der Waals surface area contributed by atoms with Gasteiger partial charge < -0.3 is 10.6 Å². The van der Waals surface area contributed by atoms with Gasteiger partial charge in [-0.15, -0.1) is 0 Å². The van der Waals surface area contributed by atoms with E-state index < -0.39 is 0 Å². The number of nitrogens with two attached hydrogens (primary N) is 1. The molecule has 0 spiro atoms. The largest absolute Gasteiger partial charge is 0.346 e. The summed E-state index contributed by atoms with van der Waals surface area (Å²) >= 11 is 0. The molecule has 0 radical (unpaired) electrons. The standard InChI is InChI=1S/C18H26N4O2/c1-13(2)15(19)8-10-21(3)17(23)9-11-22-12-20-16-7-5-4-6-14(16)18(22)24/h4-7,12-13,15H,8-11,19H2,1-3H3.